The second kappa shape index (κ2) is 12.3. The van der Waals surface area contributed by atoms with Crippen molar-refractivity contribution in [2.24, 2.45) is 0 Å². The van der Waals surface area contributed by atoms with E-state index in [4.69, 9.17) is 9.94 Å². The van der Waals surface area contributed by atoms with Gasteiger partial charge in [0.2, 0.25) is 5.91 Å². The van der Waals surface area contributed by atoms with E-state index in [2.05, 4.69) is 21.2 Å². The summed E-state index contributed by atoms with van der Waals surface area (Å²) >= 11 is 3.40. The summed E-state index contributed by atoms with van der Waals surface area (Å²) in [6, 6.07) is 17.0. The van der Waals surface area contributed by atoms with E-state index in [9.17, 15) is 9.59 Å². The Bertz CT molecular complexity index is 738. The van der Waals surface area contributed by atoms with Crippen molar-refractivity contribution in [3.8, 4) is 0 Å². The predicted molar refractivity (Wildman–Crippen MR) is 111 cm³/mol. The maximum absolute atomic E-state index is 12.7. The standard InChI is InChI=1S/C21H25BrN2O4/c22-17-13-11-16(12-14-17)15-28-19(9-5-2-6-10-20(25)24-27)21(26)23-18-7-3-1-4-8-18/h1,3-4,7-8,11-14,19,27H,2,5-6,9-10,15H2,(H,23,26)(H,24,25). The first-order valence-electron chi connectivity index (χ1n) is 9.23. The Morgan fingerprint density at radius 2 is 1.71 bits per heavy atom. The normalized spacial score (nSPS) is 11.6. The monoisotopic (exact) mass is 448 g/mol. The summed E-state index contributed by atoms with van der Waals surface area (Å²) in [5.41, 5.74) is 3.33. The average molecular weight is 449 g/mol. The molecule has 0 radical (unpaired) electrons. The van der Waals surface area contributed by atoms with Crippen molar-refractivity contribution in [2.75, 3.05) is 5.32 Å². The molecule has 0 bridgehead atoms. The minimum absolute atomic E-state index is 0.184. The van der Waals surface area contributed by atoms with Gasteiger partial charge in [0, 0.05) is 16.6 Å². The van der Waals surface area contributed by atoms with Crippen molar-refractivity contribution in [2.45, 2.75) is 44.8 Å². The fraction of sp³-hybridized carbons (Fsp3) is 0.333. The van der Waals surface area contributed by atoms with Crippen molar-refractivity contribution < 1.29 is 19.5 Å². The Labute approximate surface area is 173 Å². The third kappa shape index (κ3) is 8.21. The number of carbonyl (C=O) groups is 2. The van der Waals surface area contributed by atoms with Crippen LogP contribution in [0.5, 0.6) is 0 Å². The molecule has 0 spiro atoms. The van der Waals surface area contributed by atoms with Gasteiger partial charge in [0.15, 0.2) is 0 Å². The number of carbonyl (C=O) groups excluding carboxylic acids is 2. The zero-order valence-corrected chi connectivity index (χ0v) is 17.2. The molecule has 0 fully saturated rings. The molecule has 2 amide bonds. The summed E-state index contributed by atoms with van der Waals surface area (Å²) in [6.45, 7) is 0.340. The average Bonchev–Trinajstić information content (AvgIpc) is 2.71. The van der Waals surface area contributed by atoms with Crippen LogP contribution in [0.4, 0.5) is 5.69 Å². The number of para-hydroxylation sites is 1. The van der Waals surface area contributed by atoms with E-state index >= 15 is 0 Å². The maximum Gasteiger partial charge on any atom is 0.253 e. The van der Waals surface area contributed by atoms with Crippen molar-refractivity contribution in [1.82, 2.24) is 5.48 Å². The highest BCUT2D eigenvalue weighted by atomic mass is 79.9. The number of anilines is 1. The first-order valence-corrected chi connectivity index (χ1v) is 10.0. The van der Waals surface area contributed by atoms with Gasteiger partial charge in [0.25, 0.3) is 5.91 Å². The Morgan fingerprint density at radius 3 is 2.39 bits per heavy atom. The number of nitrogens with one attached hydrogen (secondary N) is 2. The van der Waals surface area contributed by atoms with Crippen LogP contribution in [0.15, 0.2) is 59.1 Å². The van der Waals surface area contributed by atoms with Crippen LogP contribution >= 0.6 is 15.9 Å². The second-order valence-electron chi connectivity index (χ2n) is 6.42. The van der Waals surface area contributed by atoms with E-state index in [1.54, 1.807) is 5.48 Å². The molecule has 1 atom stereocenters. The molecule has 0 saturated heterocycles. The number of amides is 2. The lowest BCUT2D eigenvalue weighted by molar-refractivity contribution is -0.130. The van der Waals surface area contributed by atoms with Crippen LogP contribution in [0.2, 0.25) is 0 Å². The summed E-state index contributed by atoms with van der Waals surface area (Å²) in [7, 11) is 0. The molecule has 150 valence electrons. The molecule has 2 aromatic rings. The van der Waals surface area contributed by atoms with Crippen LogP contribution < -0.4 is 10.8 Å². The summed E-state index contributed by atoms with van der Waals surface area (Å²) in [5.74, 6) is -0.582. The van der Waals surface area contributed by atoms with E-state index in [0.717, 1.165) is 28.6 Å². The number of benzene rings is 2. The molecule has 6 nitrogen and oxygen atoms in total. The molecule has 0 aromatic heterocycles. The summed E-state index contributed by atoms with van der Waals surface area (Å²) in [6.07, 6.45) is 2.38. The van der Waals surface area contributed by atoms with Gasteiger partial charge in [0.1, 0.15) is 6.10 Å². The zero-order chi connectivity index (χ0) is 20.2. The van der Waals surface area contributed by atoms with E-state index in [-0.39, 0.29) is 12.3 Å². The smallest absolute Gasteiger partial charge is 0.253 e. The Hall–Kier alpha value is -2.22. The zero-order valence-electron chi connectivity index (χ0n) is 15.6. The third-order valence-corrected chi connectivity index (χ3v) is 4.72. The van der Waals surface area contributed by atoms with E-state index < -0.39 is 12.0 Å². The highest BCUT2D eigenvalue weighted by molar-refractivity contribution is 9.10. The molecule has 0 aliphatic heterocycles. The summed E-state index contributed by atoms with van der Waals surface area (Å²) < 4.78 is 6.89. The number of ether oxygens (including phenoxy) is 1. The molecule has 3 N–H and O–H groups in total. The summed E-state index contributed by atoms with van der Waals surface area (Å²) in [4.78, 5) is 23.7. The van der Waals surface area contributed by atoms with Gasteiger partial charge in [-0.05, 0) is 42.7 Å². The fourth-order valence-corrected chi connectivity index (χ4v) is 2.92. The number of unbranched alkanes of at least 4 members (excludes halogenated alkanes) is 2. The van der Waals surface area contributed by atoms with Crippen LogP contribution in [-0.4, -0.2) is 23.1 Å². The molecule has 2 aromatic carbocycles. The molecule has 28 heavy (non-hydrogen) atoms. The van der Waals surface area contributed by atoms with Crippen LogP contribution in [0.25, 0.3) is 0 Å². The van der Waals surface area contributed by atoms with Gasteiger partial charge in [-0.15, -0.1) is 0 Å². The quantitative estimate of drug-likeness (QED) is 0.269. The van der Waals surface area contributed by atoms with E-state index in [0.29, 0.717) is 19.4 Å². The van der Waals surface area contributed by atoms with Crippen molar-refractivity contribution in [1.29, 1.82) is 0 Å². The molecular formula is C21H25BrN2O4. The minimum atomic E-state index is -0.587. The van der Waals surface area contributed by atoms with Crippen LogP contribution in [0, 0.1) is 0 Å². The van der Waals surface area contributed by atoms with Gasteiger partial charge in [-0.3, -0.25) is 14.8 Å². The lowest BCUT2D eigenvalue weighted by Gasteiger charge is -2.18. The number of hydrogen-bond acceptors (Lipinski definition) is 4. The fourth-order valence-electron chi connectivity index (χ4n) is 2.66. The van der Waals surface area contributed by atoms with Gasteiger partial charge in [-0.2, -0.15) is 0 Å². The first-order chi connectivity index (χ1) is 13.6. The molecule has 7 heteroatoms. The second-order valence-corrected chi connectivity index (χ2v) is 7.33. The lowest BCUT2D eigenvalue weighted by Crippen LogP contribution is -2.30. The Balaban J connectivity index is 1.88. The molecule has 0 saturated carbocycles. The molecule has 2 rings (SSSR count). The Morgan fingerprint density at radius 1 is 1.00 bits per heavy atom. The van der Waals surface area contributed by atoms with Crippen LogP contribution in [0.3, 0.4) is 0 Å². The highest BCUT2D eigenvalue weighted by Gasteiger charge is 2.19. The SMILES string of the molecule is O=C(CCCCCC(OCc1ccc(Br)cc1)C(=O)Nc1ccccc1)NO. The molecule has 0 heterocycles. The topological polar surface area (TPSA) is 87.7 Å². The molecule has 0 aliphatic carbocycles. The van der Waals surface area contributed by atoms with Gasteiger partial charge in [0.05, 0.1) is 6.61 Å². The number of hydrogen-bond donors (Lipinski definition) is 3. The highest BCUT2D eigenvalue weighted by Crippen LogP contribution is 2.16. The predicted octanol–water partition coefficient (Wildman–Crippen LogP) is 4.43. The van der Waals surface area contributed by atoms with Crippen LogP contribution in [0.1, 0.15) is 37.7 Å². The largest absolute Gasteiger partial charge is 0.364 e. The van der Waals surface area contributed by atoms with Crippen molar-refractivity contribution >= 4 is 33.4 Å². The third-order valence-electron chi connectivity index (χ3n) is 4.19. The molecular weight excluding hydrogens is 424 g/mol. The van der Waals surface area contributed by atoms with E-state index in [1.807, 2.05) is 54.6 Å². The number of rotatable bonds is 11. The van der Waals surface area contributed by atoms with Gasteiger partial charge in [-0.1, -0.05) is 59.1 Å². The van der Waals surface area contributed by atoms with Gasteiger partial charge in [-0.25, -0.2) is 5.48 Å². The maximum atomic E-state index is 12.7. The molecule has 1 unspecified atom stereocenters. The first kappa shape index (κ1) is 22.1. The van der Waals surface area contributed by atoms with Crippen molar-refractivity contribution in [3.05, 3.63) is 64.6 Å². The van der Waals surface area contributed by atoms with Gasteiger partial charge >= 0.3 is 0 Å². The number of halogens is 1. The molecule has 0 aliphatic rings. The van der Waals surface area contributed by atoms with Gasteiger partial charge < -0.3 is 10.1 Å². The Kier molecular flexibility index (Phi) is 9.68. The minimum Gasteiger partial charge on any atom is -0.364 e. The summed E-state index contributed by atoms with van der Waals surface area (Å²) in [5, 5.41) is 11.4. The number of hydroxylamine groups is 1. The van der Waals surface area contributed by atoms with Crippen molar-refractivity contribution in [3.63, 3.8) is 0 Å². The van der Waals surface area contributed by atoms with Crippen LogP contribution in [-0.2, 0) is 20.9 Å². The van der Waals surface area contributed by atoms with E-state index in [1.165, 1.54) is 0 Å². The lowest BCUT2D eigenvalue weighted by atomic mass is 10.1.